The summed E-state index contributed by atoms with van der Waals surface area (Å²) in [5, 5.41) is 9.78. The lowest BCUT2D eigenvalue weighted by atomic mass is 9.85. The summed E-state index contributed by atoms with van der Waals surface area (Å²) in [5.41, 5.74) is 11.4. The number of rotatable bonds is 11. The van der Waals surface area contributed by atoms with Crippen LogP contribution in [0.25, 0.3) is 5.57 Å². The van der Waals surface area contributed by atoms with Crippen molar-refractivity contribution in [2.75, 3.05) is 0 Å². The highest BCUT2D eigenvalue weighted by Crippen LogP contribution is 2.27. The average molecular weight is 762 g/mol. The summed E-state index contributed by atoms with van der Waals surface area (Å²) in [6, 6.07) is 35.0. The molecule has 0 spiro atoms. The molecule has 0 aromatic heterocycles. The van der Waals surface area contributed by atoms with E-state index in [4.69, 9.17) is 0 Å². The first-order valence-corrected chi connectivity index (χ1v) is 21.8. The van der Waals surface area contributed by atoms with E-state index in [1.54, 1.807) is 0 Å². The van der Waals surface area contributed by atoms with Gasteiger partial charge < -0.3 is 5.11 Å². The van der Waals surface area contributed by atoms with Gasteiger partial charge in [-0.1, -0.05) is 175 Å². The maximum absolute atomic E-state index is 9.78. The maximum atomic E-state index is 9.78. The highest BCUT2D eigenvalue weighted by Gasteiger charge is 2.16. The van der Waals surface area contributed by atoms with Crippen LogP contribution in [0.3, 0.4) is 0 Å². The van der Waals surface area contributed by atoms with Crippen LogP contribution in [-0.2, 0) is 11.0 Å². The molecular formula is C55H85O+. The Hall–Kier alpha value is -3.55. The standard InChI is InChI=1S/C14H22.C13H20O.C13H19.C13H18.C2H6/c1-6-11(2)12-7-9-13(10-8-12)14(3,4)5;1-5-10(2)11-6-8-12(9-7-11)13(3,4)14;2*1-5-11(4)13-8-6-12(7-9-13)10(2)3;1-2/h7-11H,6H2,1-5H3;6-10,14H,5H2,1-4H3;6-9,11H,5H2,1-4H3;6-9,11H,2,5H2,1,3-4H3;1-2H3/q;;+1;;. The minimum atomic E-state index is -0.728. The third kappa shape index (κ3) is 19.1. The van der Waals surface area contributed by atoms with Gasteiger partial charge in [-0.15, -0.1) is 0 Å². The molecule has 0 fully saturated rings. The van der Waals surface area contributed by atoms with Gasteiger partial charge in [0.1, 0.15) is 5.56 Å². The number of aliphatic hydroxyl groups is 1. The molecule has 0 radical (unpaired) electrons. The Kier molecular flexibility index (Phi) is 24.7. The highest BCUT2D eigenvalue weighted by molar-refractivity contribution is 5.61. The fourth-order valence-corrected chi connectivity index (χ4v) is 5.72. The molecule has 4 aromatic rings. The van der Waals surface area contributed by atoms with Crippen molar-refractivity contribution in [3.63, 3.8) is 0 Å². The third-order valence-corrected chi connectivity index (χ3v) is 11.0. The van der Waals surface area contributed by atoms with Crippen LogP contribution in [0, 0.1) is 5.92 Å². The van der Waals surface area contributed by atoms with Gasteiger partial charge in [0, 0.05) is 31.9 Å². The molecule has 4 aromatic carbocycles. The van der Waals surface area contributed by atoms with E-state index in [2.05, 4.69) is 182 Å². The summed E-state index contributed by atoms with van der Waals surface area (Å²) in [6.45, 7) is 42.6. The molecule has 0 amide bonds. The molecule has 56 heavy (non-hydrogen) atoms. The molecule has 0 bridgehead atoms. The molecule has 0 saturated carbocycles. The van der Waals surface area contributed by atoms with E-state index >= 15 is 0 Å². The number of allylic oxidation sites excluding steroid dienone is 1. The van der Waals surface area contributed by atoms with E-state index in [9.17, 15) is 5.11 Å². The van der Waals surface area contributed by atoms with Crippen molar-refractivity contribution >= 4 is 5.57 Å². The minimum absolute atomic E-state index is 0.272. The largest absolute Gasteiger partial charge is 0.386 e. The topological polar surface area (TPSA) is 20.2 Å². The van der Waals surface area contributed by atoms with Crippen molar-refractivity contribution in [2.24, 2.45) is 0 Å². The van der Waals surface area contributed by atoms with Crippen molar-refractivity contribution in [3.8, 4) is 0 Å². The molecule has 4 atom stereocenters. The van der Waals surface area contributed by atoms with E-state index in [0.717, 1.165) is 17.6 Å². The van der Waals surface area contributed by atoms with Crippen LogP contribution in [0.5, 0.6) is 0 Å². The smallest absolute Gasteiger partial charge is 0.132 e. The summed E-state index contributed by atoms with van der Waals surface area (Å²) < 4.78 is 0. The lowest BCUT2D eigenvalue weighted by Crippen LogP contribution is -2.15. The van der Waals surface area contributed by atoms with Crippen molar-refractivity contribution in [1.82, 2.24) is 0 Å². The monoisotopic (exact) mass is 762 g/mol. The van der Waals surface area contributed by atoms with Crippen molar-refractivity contribution in [2.45, 2.75) is 185 Å². The number of benzene rings is 4. The molecule has 0 saturated heterocycles. The van der Waals surface area contributed by atoms with E-state index in [1.807, 2.05) is 46.8 Å². The Balaban J connectivity index is 0.000000709. The molecule has 0 aliphatic heterocycles. The zero-order valence-corrected chi connectivity index (χ0v) is 39.5. The molecule has 1 nitrogen and oxygen atoms in total. The molecule has 0 aliphatic carbocycles. The fourth-order valence-electron chi connectivity index (χ4n) is 5.72. The SMILES string of the molecule is C=C(C)c1ccc(C(C)CC)cc1.CC.CCC(C)c1ccc(C(C)(C)C)cc1.CCC(C)c1ccc(C(C)(C)O)cc1.CCC(C)c1ccc([C+](C)C)cc1. The van der Waals surface area contributed by atoms with Crippen molar-refractivity contribution in [3.05, 3.63) is 154 Å². The summed E-state index contributed by atoms with van der Waals surface area (Å²) in [4.78, 5) is 0. The van der Waals surface area contributed by atoms with E-state index in [1.165, 1.54) is 64.1 Å². The summed E-state index contributed by atoms with van der Waals surface area (Å²) in [5.74, 6) is 4.02. The Labute approximate surface area is 348 Å². The lowest BCUT2D eigenvalue weighted by molar-refractivity contribution is 0.0786. The predicted octanol–water partition coefficient (Wildman–Crippen LogP) is 17.3. The van der Waals surface area contributed by atoms with Gasteiger partial charge >= 0.3 is 0 Å². The zero-order valence-electron chi connectivity index (χ0n) is 39.5. The van der Waals surface area contributed by atoms with Crippen LogP contribution in [-0.4, -0.2) is 5.11 Å². The molecule has 4 unspecified atom stereocenters. The van der Waals surface area contributed by atoms with Gasteiger partial charge in [-0.05, 0) is 127 Å². The fraction of sp³-hybridized carbons (Fsp3) is 0.509. The van der Waals surface area contributed by atoms with Crippen LogP contribution in [0.2, 0.25) is 0 Å². The van der Waals surface area contributed by atoms with E-state index in [0.29, 0.717) is 23.7 Å². The number of hydrogen-bond acceptors (Lipinski definition) is 1. The predicted molar refractivity (Wildman–Crippen MR) is 254 cm³/mol. The van der Waals surface area contributed by atoms with Gasteiger partial charge in [-0.25, -0.2) is 0 Å². The Bertz CT molecular complexity index is 1510. The molecule has 1 N–H and O–H groups in total. The molecule has 0 aliphatic rings. The van der Waals surface area contributed by atoms with Crippen LogP contribution in [0.4, 0.5) is 0 Å². The van der Waals surface area contributed by atoms with E-state index in [-0.39, 0.29) is 5.41 Å². The van der Waals surface area contributed by atoms with Gasteiger partial charge in [0.15, 0.2) is 0 Å². The van der Waals surface area contributed by atoms with Crippen LogP contribution in [0.1, 0.15) is 218 Å². The van der Waals surface area contributed by atoms with Crippen LogP contribution in [0.15, 0.2) is 104 Å². The first-order chi connectivity index (χ1) is 26.2. The van der Waals surface area contributed by atoms with Gasteiger partial charge in [-0.3, -0.25) is 0 Å². The first-order valence-electron chi connectivity index (χ1n) is 21.8. The van der Waals surface area contributed by atoms with Crippen molar-refractivity contribution in [1.29, 1.82) is 0 Å². The van der Waals surface area contributed by atoms with E-state index < -0.39 is 5.60 Å². The zero-order chi connectivity index (χ0) is 43.2. The minimum Gasteiger partial charge on any atom is -0.386 e. The molecule has 1 heteroatoms. The Morgan fingerprint density at radius 2 is 0.786 bits per heavy atom. The Morgan fingerprint density at radius 3 is 1.02 bits per heavy atom. The lowest BCUT2D eigenvalue weighted by Gasteiger charge is -2.20. The van der Waals surface area contributed by atoms with Crippen molar-refractivity contribution < 1.29 is 5.11 Å². The molecule has 0 heterocycles. The Morgan fingerprint density at radius 1 is 0.518 bits per heavy atom. The maximum Gasteiger partial charge on any atom is 0.132 e. The van der Waals surface area contributed by atoms with Gasteiger partial charge in [0.2, 0.25) is 0 Å². The number of hydrogen-bond donors (Lipinski definition) is 1. The second-order valence-electron chi connectivity index (χ2n) is 17.3. The third-order valence-electron chi connectivity index (χ3n) is 11.0. The summed E-state index contributed by atoms with van der Waals surface area (Å²) in [7, 11) is 0. The average Bonchev–Trinajstić information content (AvgIpc) is 3.20. The second-order valence-corrected chi connectivity index (χ2v) is 17.3. The van der Waals surface area contributed by atoms with Gasteiger partial charge in [0.05, 0.1) is 5.60 Å². The first kappa shape index (κ1) is 52.5. The highest BCUT2D eigenvalue weighted by atomic mass is 16.3. The summed E-state index contributed by atoms with van der Waals surface area (Å²) >= 11 is 0. The molecule has 310 valence electrons. The summed E-state index contributed by atoms with van der Waals surface area (Å²) in [6.07, 6.45) is 4.79. The quantitative estimate of drug-likeness (QED) is 0.151. The second kappa shape index (κ2) is 26.4. The van der Waals surface area contributed by atoms with Crippen LogP contribution >= 0.6 is 0 Å². The normalized spacial score (nSPS) is 13.0. The van der Waals surface area contributed by atoms with Crippen LogP contribution < -0.4 is 0 Å². The molecular weight excluding hydrogens is 677 g/mol. The van der Waals surface area contributed by atoms with Gasteiger partial charge in [-0.2, -0.15) is 0 Å². The molecule has 4 rings (SSSR count). The van der Waals surface area contributed by atoms with Gasteiger partial charge in [0.25, 0.3) is 0 Å².